The van der Waals surface area contributed by atoms with Gasteiger partial charge in [0.2, 0.25) is 5.91 Å². The zero-order chi connectivity index (χ0) is 16.6. The van der Waals surface area contributed by atoms with Gasteiger partial charge in [-0.2, -0.15) is 0 Å². The summed E-state index contributed by atoms with van der Waals surface area (Å²) in [5.74, 6) is -0.121. The van der Waals surface area contributed by atoms with E-state index in [-0.39, 0.29) is 5.91 Å². The first-order valence-electron chi connectivity index (χ1n) is 7.83. The molecule has 4 nitrogen and oxygen atoms in total. The molecule has 7 heteroatoms. The van der Waals surface area contributed by atoms with Gasteiger partial charge in [0, 0.05) is 23.1 Å². The number of halogens is 3. The standard InChI is InChI=1S/C16H20Cl3N3O/c1-22(12-6-10-2-3-11(7-12)20-10)8-15(23)21-16-13(18)4-9(17)5-14(16)19/h4-5,10-12,20H,2-3,6-8H2,1H3,(H,21,23). The Kier molecular flexibility index (Phi) is 5.39. The van der Waals surface area contributed by atoms with Crippen LogP contribution in [0.1, 0.15) is 25.7 Å². The number of rotatable bonds is 4. The lowest BCUT2D eigenvalue weighted by atomic mass is 9.98. The normalized spacial score (nSPS) is 26.6. The van der Waals surface area contributed by atoms with Gasteiger partial charge in [0.25, 0.3) is 0 Å². The summed E-state index contributed by atoms with van der Waals surface area (Å²) >= 11 is 18.1. The number of benzene rings is 1. The molecule has 1 aromatic carbocycles. The molecule has 2 aliphatic heterocycles. The van der Waals surface area contributed by atoms with Gasteiger partial charge < -0.3 is 10.6 Å². The molecule has 2 fully saturated rings. The lowest BCUT2D eigenvalue weighted by Gasteiger charge is -2.35. The molecular weight excluding hydrogens is 357 g/mol. The quantitative estimate of drug-likeness (QED) is 0.840. The molecule has 0 aliphatic carbocycles. The third kappa shape index (κ3) is 4.12. The number of hydrogen-bond acceptors (Lipinski definition) is 3. The van der Waals surface area contributed by atoms with Crippen molar-refractivity contribution in [3.63, 3.8) is 0 Å². The van der Waals surface area contributed by atoms with Crippen LogP contribution in [0.2, 0.25) is 15.1 Å². The van der Waals surface area contributed by atoms with E-state index in [4.69, 9.17) is 34.8 Å². The van der Waals surface area contributed by atoms with Crippen molar-refractivity contribution in [1.82, 2.24) is 10.2 Å². The van der Waals surface area contributed by atoms with Crippen LogP contribution < -0.4 is 10.6 Å². The van der Waals surface area contributed by atoms with E-state index in [0.29, 0.717) is 45.4 Å². The maximum absolute atomic E-state index is 12.3. The van der Waals surface area contributed by atoms with Crippen LogP contribution in [0, 0.1) is 0 Å². The highest BCUT2D eigenvalue weighted by Crippen LogP contribution is 2.34. The third-order valence-corrected chi connectivity index (χ3v) is 5.55. The highest BCUT2D eigenvalue weighted by Gasteiger charge is 2.35. The Labute approximate surface area is 151 Å². The number of carbonyl (C=O) groups is 1. The summed E-state index contributed by atoms with van der Waals surface area (Å²) in [6.45, 7) is 0.319. The largest absolute Gasteiger partial charge is 0.322 e. The number of likely N-dealkylation sites (N-methyl/N-ethyl adjacent to an activating group) is 1. The van der Waals surface area contributed by atoms with Crippen molar-refractivity contribution >= 4 is 46.4 Å². The zero-order valence-corrected chi connectivity index (χ0v) is 15.2. The minimum atomic E-state index is -0.121. The Balaban J connectivity index is 1.59. The summed E-state index contributed by atoms with van der Waals surface area (Å²) in [6.07, 6.45) is 4.69. The minimum Gasteiger partial charge on any atom is -0.322 e. The van der Waals surface area contributed by atoms with Crippen molar-refractivity contribution < 1.29 is 4.79 Å². The van der Waals surface area contributed by atoms with Crippen LogP contribution in [0.5, 0.6) is 0 Å². The van der Waals surface area contributed by atoms with Crippen molar-refractivity contribution in [3.8, 4) is 0 Å². The SMILES string of the molecule is CN(CC(=O)Nc1c(Cl)cc(Cl)cc1Cl)C1CC2CCC(C1)N2. The van der Waals surface area contributed by atoms with Crippen LogP contribution in [-0.2, 0) is 4.79 Å². The number of piperidine rings is 1. The maximum Gasteiger partial charge on any atom is 0.238 e. The molecule has 2 aliphatic rings. The van der Waals surface area contributed by atoms with E-state index >= 15 is 0 Å². The fourth-order valence-electron chi connectivity index (χ4n) is 3.58. The second kappa shape index (κ2) is 7.16. The maximum atomic E-state index is 12.3. The number of hydrogen-bond donors (Lipinski definition) is 2. The predicted molar refractivity (Wildman–Crippen MR) is 95.7 cm³/mol. The van der Waals surface area contributed by atoms with Crippen molar-refractivity contribution in [2.45, 2.75) is 43.8 Å². The molecule has 1 amide bonds. The first-order chi connectivity index (χ1) is 10.9. The number of nitrogens with zero attached hydrogens (tertiary/aromatic N) is 1. The highest BCUT2D eigenvalue weighted by molar-refractivity contribution is 6.42. The van der Waals surface area contributed by atoms with Gasteiger partial charge in [0.15, 0.2) is 0 Å². The topological polar surface area (TPSA) is 44.4 Å². The molecule has 1 aromatic rings. The molecular formula is C16H20Cl3N3O. The van der Waals surface area contributed by atoms with E-state index < -0.39 is 0 Å². The molecule has 0 saturated carbocycles. The molecule has 3 rings (SSSR count). The molecule has 126 valence electrons. The van der Waals surface area contributed by atoms with Gasteiger partial charge in [-0.05, 0) is 44.9 Å². The molecule has 23 heavy (non-hydrogen) atoms. The molecule has 2 heterocycles. The molecule has 2 N–H and O–H groups in total. The molecule has 0 radical (unpaired) electrons. The summed E-state index contributed by atoms with van der Waals surface area (Å²) in [5, 5.41) is 7.55. The predicted octanol–water partition coefficient (Wildman–Crippen LogP) is 3.80. The van der Waals surface area contributed by atoms with Gasteiger partial charge in [-0.1, -0.05) is 34.8 Å². The monoisotopic (exact) mass is 375 g/mol. The first kappa shape index (κ1) is 17.3. The Hall–Kier alpha value is -0.520. The average Bonchev–Trinajstić information content (AvgIpc) is 2.81. The number of carbonyl (C=O) groups excluding carboxylic acids is 1. The summed E-state index contributed by atoms with van der Waals surface area (Å²) < 4.78 is 0. The van der Waals surface area contributed by atoms with Crippen LogP contribution in [-0.4, -0.2) is 42.5 Å². The Morgan fingerprint density at radius 2 is 1.78 bits per heavy atom. The van der Waals surface area contributed by atoms with Crippen molar-refractivity contribution in [1.29, 1.82) is 0 Å². The number of anilines is 1. The van der Waals surface area contributed by atoms with Gasteiger partial charge >= 0.3 is 0 Å². The van der Waals surface area contributed by atoms with E-state index in [0.717, 1.165) is 12.8 Å². The van der Waals surface area contributed by atoms with Crippen LogP contribution in [0.4, 0.5) is 5.69 Å². The van der Waals surface area contributed by atoms with Gasteiger partial charge in [-0.3, -0.25) is 9.69 Å². The number of nitrogens with one attached hydrogen (secondary N) is 2. The van der Waals surface area contributed by atoms with E-state index in [1.807, 2.05) is 7.05 Å². The summed E-state index contributed by atoms with van der Waals surface area (Å²) in [4.78, 5) is 14.4. The molecule has 2 unspecified atom stereocenters. The lowest BCUT2D eigenvalue weighted by molar-refractivity contribution is -0.117. The van der Waals surface area contributed by atoms with Crippen LogP contribution in [0.15, 0.2) is 12.1 Å². The smallest absolute Gasteiger partial charge is 0.238 e. The van der Waals surface area contributed by atoms with E-state index in [2.05, 4.69) is 15.5 Å². The van der Waals surface area contributed by atoms with Crippen LogP contribution in [0.25, 0.3) is 0 Å². The average molecular weight is 377 g/mol. The molecule has 0 aromatic heterocycles. The Bertz CT molecular complexity index is 575. The first-order valence-corrected chi connectivity index (χ1v) is 8.96. The van der Waals surface area contributed by atoms with Crippen LogP contribution in [0.3, 0.4) is 0 Å². The van der Waals surface area contributed by atoms with Gasteiger partial charge in [0.1, 0.15) is 0 Å². The molecule has 0 spiro atoms. The fraction of sp³-hybridized carbons (Fsp3) is 0.562. The van der Waals surface area contributed by atoms with Crippen LogP contribution >= 0.6 is 34.8 Å². The fourth-order valence-corrected chi connectivity index (χ4v) is 4.49. The number of amides is 1. The summed E-state index contributed by atoms with van der Waals surface area (Å²) in [6, 6.07) is 4.78. The van der Waals surface area contributed by atoms with Crippen molar-refractivity contribution in [2.75, 3.05) is 18.9 Å². The van der Waals surface area contributed by atoms with Crippen molar-refractivity contribution in [2.24, 2.45) is 0 Å². The lowest BCUT2D eigenvalue weighted by Crippen LogP contribution is -2.48. The summed E-state index contributed by atoms with van der Waals surface area (Å²) in [5.41, 5.74) is 0.418. The van der Waals surface area contributed by atoms with Crippen molar-refractivity contribution in [3.05, 3.63) is 27.2 Å². The highest BCUT2D eigenvalue weighted by atomic mass is 35.5. The summed E-state index contributed by atoms with van der Waals surface area (Å²) in [7, 11) is 2.00. The molecule has 2 saturated heterocycles. The zero-order valence-electron chi connectivity index (χ0n) is 12.9. The van der Waals surface area contributed by atoms with Gasteiger partial charge in [-0.25, -0.2) is 0 Å². The van der Waals surface area contributed by atoms with E-state index in [1.165, 1.54) is 12.8 Å². The van der Waals surface area contributed by atoms with E-state index in [1.54, 1.807) is 12.1 Å². The van der Waals surface area contributed by atoms with Gasteiger partial charge in [0.05, 0.1) is 22.3 Å². The Morgan fingerprint density at radius 1 is 1.22 bits per heavy atom. The molecule has 2 bridgehead atoms. The second-order valence-electron chi connectivity index (χ2n) is 6.47. The second-order valence-corrected chi connectivity index (χ2v) is 7.72. The minimum absolute atomic E-state index is 0.121. The Morgan fingerprint density at radius 3 is 2.35 bits per heavy atom. The molecule has 2 atom stereocenters. The van der Waals surface area contributed by atoms with E-state index in [9.17, 15) is 4.79 Å². The number of fused-ring (bicyclic) bond motifs is 2. The van der Waals surface area contributed by atoms with Gasteiger partial charge in [-0.15, -0.1) is 0 Å². The third-order valence-electron chi connectivity index (χ3n) is 4.74.